The lowest BCUT2D eigenvalue weighted by atomic mass is 9.79. The Hall–Kier alpha value is -0.990. The Bertz CT molecular complexity index is 439. The topological polar surface area (TPSA) is 29.9 Å². The minimum atomic E-state index is 0.726. The van der Waals surface area contributed by atoms with Gasteiger partial charge in [0.2, 0.25) is 0 Å². The fraction of sp³-hybridized carbons (Fsp3) is 0.800. The summed E-state index contributed by atoms with van der Waals surface area (Å²) in [5.41, 5.74) is 1.23. The van der Waals surface area contributed by atoms with Gasteiger partial charge in [-0.25, -0.2) is 0 Å². The normalized spacial score (nSPS) is 41.3. The lowest BCUT2D eigenvalue weighted by molar-refractivity contribution is 0.243. The third-order valence-corrected chi connectivity index (χ3v) is 5.74. The van der Waals surface area contributed by atoms with Crippen molar-refractivity contribution < 1.29 is 0 Å². The highest BCUT2D eigenvalue weighted by atomic mass is 15.3. The number of aryl methyl sites for hydroxylation is 1. The summed E-state index contributed by atoms with van der Waals surface area (Å²) in [5.74, 6) is 4.11. The number of nitrogens with zero attached hydrogens (tertiary/aromatic N) is 2. The van der Waals surface area contributed by atoms with E-state index in [9.17, 15) is 0 Å². The van der Waals surface area contributed by atoms with Gasteiger partial charge < -0.3 is 5.32 Å². The predicted octanol–water partition coefficient (Wildman–Crippen LogP) is 3.14. The van der Waals surface area contributed by atoms with Crippen LogP contribution in [0.3, 0.4) is 0 Å². The molecule has 1 aromatic heterocycles. The SMILES string of the molecule is CCn1cc(NC2CC3CC2C2CCCC32)cn1. The molecule has 0 aliphatic heterocycles. The van der Waals surface area contributed by atoms with E-state index in [2.05, 4.69) is 23.5 Å². The van der Waals surface area contributed by atoms with Crippen LogP contribution in [0.1, 0.15) is 39.0 Å². The summed E-state index contributed by atoms with van der Waals surface area (Å²) < 4.78 is 2.01. The second kappa shape index (κ2) is 4.01. The number of fused-ring (bicyclic) bond motifs is 5. The van der Waals surface area contributed by atoms with Crippen molar-refractivity contribution in [3.8, 4) is 0 Å². The first-order valence-electron chi connectivity index (χ1n) is 7.64. The summed E-state index contributed by atoms with van der Waals surface area (Å²) in [4.78, 5) is 0. The Morgan fingerprint density at radius 3 is 3.00 bits per heavy atom. The molecule has 1 heterocycles. The molecule has 3 nitrogen and oxygen atoms in total. The van der Waals surface area contributed by atoms with Crippen LogP contribution in [0.15, 0.2) is 12.4 Å². The van der Waals surface area contributed by atoms with Crippen LogP contribution in [0.4, 0.5) is 5.69 Å². The van der Waals surface area contributed by atoms with E-state index in [4.69, 9.17) is 0 Å². The van der Waals surface area contributed by atoms with E-state index in [1.807, 2.05) is 10.9 Å². The average Bonchev–Trinajstić information content (AvgIpc) is 3.10. The zero-order chi connectivity index (χ0) is 12.1. The first-order chi connectivity index (χ1) is 8.85. The molecule has 2 bridgehead atoms. The van der Waals surface area contributed by atoms with Crippen LogP contribution in [-0.2, 0) is 6.54 Å². The van der Waals surface area contributed by atoms with Crippen LogP contribution in [0.5, 0.6) is 0 Å². The van der Waals surface area contributed by atoms with E-state index in [1.54, 1.807) is 0 Å². The van der Waals surface area contributed by atoms with Crippen molar-refractivity contribution in [2.75, 3.05) is 5.32 Å². The van der Waals surface area contributed by atoms with Crippen molar-refractivity contribution in [1.82, 2.24) is 9.78 Å². The molecule has 1 N–H and O–H groups in total. The molecular formula is C15H23N3. The summed E-state index contributed by atoms with van der Waals surface area (Å²) >= 11 is 0. The van der Waals surface area contributed by atoms with Gasteiger partial charge in [0.15, 0.2) is 0 Å². The molecule has 98 valence electrons. The van der Waals surface area contributed by atoms with Crippen molar-refractivity contribution in [1.29, 1.82) is 0 Å². The zero-order valence-corrected chi connectivity index (χ0v) is 11.2. The van der Waals surface area contributed by atoms with E-state index in [0.29, 0.717) is 0 Å². The van der Waals surface area contributed by atoms with Gasteiger partial charge in [-0.3, -0.25) is 4.68 Å². The maximum atomic E-state index is 4.36. The number of nitrogens with one attached hydrogen (secondary N) is 1. The second-order valence-electron chi connectivity index (χ2n) is 6.49. The van der Waals surface area contributed by atoms with Gasteiger partial charge in [0.1, 0.15) is 0 Å². The molecular weight excluding hydrogens is 222 g/mol. The molecule has 4 rings (SSSR count). The maximum absolute atomic E-state index is 4.36. The molecule has 18 heavy (non-hydrogen) atoms. The first-order valence-corrected chi connectivity index (χ1v) is 7.64. The van der Waals surface area contributed by atoms with E-state index in [-0.39, 0.29) is 0 Å². The van der Waals surface area contributed by atoms with Crippen molar-refractivity contribution in [2.24, 2.45) is 23.7 Å². The number of anilines is 1. The van der Waals surface area contributed by atoms with Crippen molar-refractivity contribution >= 4 is 5.69 Å². The average molecular weight is 245 g/mol. The van der Waals surface area contributed by atoms with Crippen LogP contribution in [0.25, 0.3) is 0 Å². The predicted molar refractivity (Wildman–Crippen MR) is 72.4 cm³/mol. The summed E-state index contributed by atoms with van der Waals surface area (Å²) in [6.07, 6.45) is 11.5. The fourth-order valence-corrected chi connectivity index (χ4v) is 5.06. The van der Waals surface area contributed by atoms with E-state index in [0.717, 1.165) is 36.3 Å². The minimum Gasteiger partial charge on any atom is -0.379 e. The highest BCUT2D eigenvalue weighted by Crippen LogP contribution is 2.59. The Balaban J connectivity index is 1.47. The van der Waals surface area contributed by atoms with Crippen LogP contribution in [-0.4, -0.2) is 15.8 Å². The van der Waals surface area contributed by atoms with Crippen LogP contribution >= 0.6 is 0 Å². The second-order valence-corrected chi connectivity index (χ2v) is 6.49. The lowest BCUT2D eigenvalue weighted by Crippen LogP contribution is -2.33. The van der Waals surface area contributed by atoms with E-state index >= 15 is 0 Å². The fourth-order valence-electron chi connectivity index (χ4n) is 5.06. The van der Waals surface area contributed by atoms with E-state index < -0.39 is 0 Å². The highest BCUT2D eigenvalue weighted by Gasteiger charge is 2.53. The van der Waals surface area contributed by atoms with Crippen LogP contribution in [0, 0.1) is 23.7 Å². The molecule has 5 atom stereocenters. The summed E-state index contributed by atoms with van der Waals surface area (Å²) in [5, 5.41) is 8.12. The monoisotopic (exact) mass is 245 g/mol. The summed E-state index contributed by atoms with van der Waals surface area (Å²) in [6.45, 7) is 3.10. The van der Waals surface area contributed by atoms with Crippen LogP contribution in [0.2, 0.25) is 0 Å². The minimum absolute atomic E-state index is 0.726. The van der Waals surface area contributed by atoms with Gasteiger partial charge in [-0.05, 0) is 56.3 Å². The zero-order valence-electron chi connectivity index (χ0n) is 11.2. The maximum Gasteiger partial charge on any atom is 0.0728 e. The largest absolute Gasteiger partial charge is 0.379 e. The molecule has 0 aromatic carbocycles. The van der Waals surface area contributed by atoms with Gasteiger partial charge in [-0.15, -0.1) is 0 Å². The lowest BCUT2D eigenvalue weighted by Gasteiger charge is -2.32. The third-order valence-electron chi connectivity index (χ3n) is 5.74. The van der Waals surface area contributed by atoms with Crippen molar-refractivity contribution in [3.63, 3.8) is 0 Å². The first kappa shape index (κ1) is 10.9. The Labute approximate surface area is 109 Å². The smallest absolute Gasteiger partial charge is 0.0728 e. The molecule has 3 aliphatic rings. The standard InChI is InChI=1S/C15H23N3/c1-2-18-9-11(8-16-18)17-15-7-10-6-14(15)13-5-3-4-12(10)13/h8-10,12-15,17H,2-7H2,1H3. The van der Waals surface area contributed by atoms with Gasteiger partial charge in [0.05, 0.1) is 11.9 Å². The van der Waals surface area contributed by atoms with Gasteiger partial charge in [0.25, 0.3) is 0 Å². The molecule has 3 fully saturated rings. The molecule has 5 unspecified atom stereocenters. The van der Waals surface area contributed by atoms with Crippen molar-refractivity contribution in [2.45, 2.75) is 51.6 Å². The number of hydrogen-bond donors (Lipinski definition) is 1. The number of hydrogen-bond acceptors (Lipinski definition) is 2. The Morgan fingerprint density at radius 2 is 2.17 bits per heavy atom. The van der Waals surface area contributed by atoms with E-state index in [1.165, 1.54) is 37.8 Å². The molecule has 3 aliphatic carbocycles. The quantitative estimate of drug-likeness (QED) is 0.886. The molecule has 3 heteroatoms. The number of aromatic nitrogens is 2. The Kier molecular flexibility index (Phi) is 2.42. The molecule has 1 aromatic rings. The van der Waals surface area contributed by atoms with Gasteiger partial charge in [-0.1, -0.05) is 6.42 Å². The summed E-state index contributed by atoms with van der Waals surface area (Å²) in [7, 11) is 0. The molecule has 3 saturated carbocycles. The third kappa shape index (κ3) is 1.52. The highest BCUT2D eigenvalue weighted by molar-refractivity contribution is 5.40. The van der Waals surface area contributed by atoms with Crippen molar-refractivity contribution in [3.05, 3.63) is 12.4 Å². The molecule has 0 spiro atoms. The summed E-state index contributed by atoms with van der Waals surface area (Å²) in [6, 6.07) is 0.726. The van der Waals surface area contributed by atoms with Gasteiger partial charge in [0, 0.05) is 18.8 Å². The van der Waals surface area contributed by atoms with Crippen LogP contribution < -0.4 is 5.32 Å². The van der Waals surface area contributed by atoms with Gasteiger partial charge in [-0.2, -0.15) is 5.10 Å². The molecule has 0 amide bonds. The number of rotatable bonds is 3. The molecule has 0 radical (unpaired) electrons. The Morgan fingerprint density at radius 1 is 1.28 bits per heavy atom. The molecule has 0 saturated heterocycles. The van der Waals surface area contributed by atoms with Gasteiger partial charge >= 0.3 is 0 Å².